The standard InChI is InChI=1S/C23H30N2O3/c1-16-4-6-20(7-5-16)25-17(2)14-21(18(25)3)22(26)15-24-10-8-19(9-11-24)23-27-12-13-28-23/h4-7,14,19,23H,8-13,15H2,1-3H3. The number of ether oxygens (including phenoxy) is 2. The lowest BCUT2D eigenvalue weighted by Crippen LogP contribution is -2.40. The molecule has 150 valence electrons. The van der Waals surface area contributed by atoms with E-state index in [9.17, 15) is 4.79 Å². The first-order chi connectivity index (χ1) is 13.5. The van der Waals surface area contributed by atoms with Crippen LogP contribution in [0.4, 0.5) is 0 Å². The molecule has 0 unspecified atom stereocenters. The fraction of sp³-hybridized carbons (Fsp3) is 0.522. The van der Waals surface area contributed by atoms with Crippen molar-refractivity contribution in [3.8, 4) is 5.69 Å². The minimum absolute atomic E-state index is 0.0358. The molecule has 0 N–H and O–H groups in total. The molecule has 0 aliphatic carbocycles. The van der Waals surface area contributed by atoms with Gasteiger partial charge in [0.1, 0.15) is 0 Å². The highest BCUT2D eigenvalue weighted by atomic mass is 16.7. The van der Waals surface area contributed by atoms with Crippen LogP contribution in [0.1, 0.15) is 40.2 Å². The Morgan fingerprint density at radius 1 is 1.04 bits per heavy atom. The van der Waals surface area contributed by atoms with Gasteiger partial charge in [0.25, 0.3) is 0 Å². The number of rotatable bonds is 5. The molecular formula is C23H30N2O3. The summed E-state index contributed by atoms with van der Waals surface area (Å²) in [5.74, 6) is 0.665. The average Bonchev–Trinajstić information content (AvgIpc) is 3.32. The van der Waals surface area contributed by atoms with Crippen LogP contribution >= 0.6 is 0 Å². The van der Waals surface area contributed by atoms with E-state index in [0.717, 1.165) is 48.6 Å². The monoisotopic (exact) mass is 382 g/mol. The van der Waals surface area contributed by atoms with E-state index in [1.54, 1.807) is 0 Å². The third kappa shape index (κ3) is 3.93. The number of benzene rings is 1. The van der Waals surface area contributed by atoms with Gasteiger partial charge in [0.15, 0.2) is 12.1 Å². The number of aromatic nitrogens is 1. The summed E-state index contributed by atoms with van der Waals surface area (Å²) in [5.41, 5.74) is 5.30. The predicted octanol–water partition coefficient (Wildman–Crippen LogP) is 3.67. The van der Waals surface area contributed by atoms with Crippen molar-refractivity contribution >= 4 is 5.78 Å². The molecule has 28 heavy (non-hydrogen) atoms. The van der Waals surface area contributed by atoms with Gasteiger partial charge in [-0.05, 0) is 64.9 Å². The van der Waals surface area contributed by atoms with Crippen LogP contribution in [0, 0.1) is 26.7 Å². The van der Waals surface area contributed by atoms with Gasteiger partial charge in [0.05, 0.1) is 19.8 Å². The van der Waals surface area contributed by atoms with Crippen molar-refractivity contribution < 1.29 is 14.3 Å². The zero-order valence-corrected chi connectivity index (χ0v) is 17.1. The molecule has 0 radical (unpaired) electrons. The molecule has 0 spiro atoms. The van der Waals surface area contributed by atoms with E-state index in [2.05, 4.69) is 47.6 Å². The van der Waals surface area contributed by atoms with E-state index < -0.39 is 0 Å². The first-order valence-corrected chi connectivity index (χ1v) is 10.3. The lowest BCUT2D eigenvalue weighted by molar-refractivity contribution is -0.0968. The summed E-state index contributed by atoms with van der Waals surface area (Å²) in [6.45, 7) is 9.95. The minimum atomic E-state index is -0.0358. The van der Waals surface area contributed by atoms with Gasteiger partial charge in [-0.25, -0.2) is 0 Å². The Bertz CT molecular complexity index is 826. The van der Waals surface area contributed by atoms with E-state index in [1.807, 2.05) is 13.0 Å². The van der Waals surface area contributed by atoms with Crippen LogP contribution in [-0.4, -0.2) is 54.4 Å². The van der Waals surface area contributed by atoms with Gasteiger partial charge in [-0.1, -0.05) is 17.7 Å². The number of carbonyl (C=O) groups excluding carboxylic acids is 1. The summed E-state index contributed by atoms with van der Waals surface area (Å²) >= 11 is 0. The number of likely N-dealkylation sites (tertiary alicyclic amines) is 1. The molecule has 0 amide bonds. The number of hydrogen-bond donors (Lipinski definition) is 0. The first kappa shape index (κ1) is 19.4. The predicted molar refractivity (Wildman–Crippen MR) is 109 cm³/mol. The minimum Gasteiger partial charge on any atom is -0.350 e. The number of hydrogen-bond acceptors (Lipinski definition) is 4. The molecule has 0 atom stereocenters. The molecule has 2 aliphatic rings. The van der Waals surface area contributed by atoms with Crippen molar-refractivity contribution in [2.45, 2.75) is 39.9 Å². The Kier molecular flexibility index (Phi) is 5.67. The molecule has 2 fully saturated rings. The number of ketones is 1. The van der Waals surface area contributed by atoms with Gasteiger partial charge in [-0.15, -0.1) is 0 Å². The Morgan fingerprint density at radius 2 is 1.68 bits per heavy atom. The summed E-state index contributed by atoms with van der Waals surface area (Å²) in [6, 6.07) is 10.5. The molecule has 4 rings (SSSR count). The van der Waals surface area contributed by atoms with Crippen molar-refractivity contribution in [1.29, 1.82) is 0 Å². The van der Waals surface area contributed by atoms with Gasteiger partial charge < -0.3 is 14.0 Å². The second-order valence-corrected chi connectivity index (χ2v) is 8.10. The summed E-state index contributed by atoms with van der Waals surface area (Å²) in [4.78, 5) is 15.3. The fourth-order valence-corrected chi connectivity index (χ4v) is 4.46. The molecule has 5 heteroatoms. The van der Waals surface area contributed by atoms with E-state index in [1.165, 1.54) is 5.56 Å². The fourth-order valence-electron chi connectivity index (χ4n) is 4.46. The number of piperidine rings is 1. The smallest absolute Gasteiger partial charge is 0.178 e. The maximum Gasteiger partial charge on any atom is 0.178 e. The van der Waals surface area contributed by atoms with Crippen molar-refractivity contribution in [3.63, 3.8) is 0 Å². The van der Waals surface area contributed by atoms with Crippen LogP contribution in [-0.2, 0) is 9.47 Å². The second kappa shape index (κ2) is 8.19. The molecule has 2 saturated heterocycles. The van der Waals surface area contributed by atoms with E-state index in [4.69, 9.17) is 9.47 Å². The Hall–Kier alpha value is -1.95. The van der Waals surface area contributed by atoms with Gasteiger partial charge in [0.2, 0.25) is 0 Å². The number of Topliss-reactive ketones (excluding diaryl/α,β-unsaturated/α-hetero) is 1. The maximum atomic E-state index is 13.0. The number of aryl methyl sites for hydroxylation is 2. The third-order valence-electron chi connectivity index (χ3n) is 6.06. The first-order valence-electron chi connectivity index (χ1n) is 10.3. The molecule has 0 bridgehead atoms. The Balaban J connectivity index is 1.41. The van der Waals surface area contributed by atoms with Crippen LogP contribution in [0.5, 0.6) is 0 Å². The third-order valence-corrected chi connectivity index (χ3v) is 6.06. The van der Waals surface area contributed by atoms with Gasteiger partial charge in [-0.3, -0.25) is 9.69 Å². The highest BCUT2D eigenvalue weighted by molar-refractivity contribution is 5.99. The molecule has 5 nitrogen and oxygen atoms in total. The van der Waals surface area contributed by atoms with E-state index in [-0.39, 0.29) is 12.1 Å². The number of nitrogens with zero attached hydrogens (tertiary/aromatic N) is 2. The van der Waals surface area contributed by atoms with Crippen molar-refractivity contribution in [1.82, 2.24) is 9.47 Å². The summed E-state index contributed by atoms with van der Waals surface area (Å²) in [5, 5.41) is 0. The summed E-state index contributed by atoms with van der Waals surface area (Å²) in [6.07, 6.45) is 2.02. The SMILES string of the molecule is Cc1ccc(-n2c(C)cc(C(=O)CN3CCC(C4OCCO4)CC3)c2C)cc1. The highest BCUT2D eigenvalue weighted by Gasteiger charge is 2.31. The molecule has 2 aromatic rings. The van der Waals surface area contributed by atoms with Crippen LogP contribution in [0.15, 0.2) is 30.3 Å². The average molecular weight is 383 g/mol. The normalized spacial score (nSPS) is 19.4. The van der Waals surface area contributed by atoms with Crippen molar-refractivity contribution in [2.24, 2.45) is 5.92 Å². The zero-order valence-electron chi connectivity index (χ0n) is 17.1. The van der Waals surface area contributed by atoms with Crippen molar-refractivity contribution in [2.75, 3.05) is 32.8 Å². The molecular weight excluding hydrogens is 352 g/mol. The maximum absolute atomic E-state index is 13.0. The molecule has 1 aromatic heterocycles. The Morgan fingerprint density at radius 3 is 2.32 bits per heavy atom. The number of carbonyl (C=O) groups is 1. The highest BCUT2D eigenvalue weighted by Crippen LogP contribution is 2.27. The lowest BCUT2D eigenvalue weighted by atomic mass is 9.96. The van der Waals surface area contributed by atoms with Crippen LogP contribution in [0.3, 0.4) is 0 Å². The second-order valence-electron chi connectivity index (χ2n) is 8.10. The molecule has 3 heterocycles. The van der Waals surface area contributed by atoms with Gasteiger partial charge in [0, 0.05) is 28.6 Å². The quantitative estimate of drug-likeness (QED) is 0.740. The topological polar surface area (TPSA) is 43.7 Å². The van der Waals surface area contributed by atoms with E-state index >= 15 is 0 Å². The van der Waals surface area contributed by atoms with Crippen LogP contribution < -0.4 is 0 Å². The van der Waals surface area contributed by atoms with Gasteiger partial charge >= 0.3 is 0 Å². The Labute approximate surface area is 167 Å². The zero-order chi connectivity index (χ0) is 19.7. The van der Waals surface area contributed by atoms with Crippen LogP contribution in [0.2, 0.25) is 0 Å². The van der Waals surface area contributed by atoms with Crippen molar-refractivity contribution in [3.05, 3.63) is 52.8 Å². The van der Waals surface area contributed by atoms with Gasteiger partial charge in [-0.2, -0.15) is 0 Å². The summed E-state index contributed by atoms with van der Waals surface area (Å²) < 4.78 is 13.5. The van der Waals surface area contributed by atoms with E-state index in [0.29, 0.717) is 25.7 Å². The molecule has 0 saturated carbocycles. The van der Waals surface area contributed by atoms with Crippen LogP contribution in [0.25, 0.3) is 5.69 Å². The molecule has 2 aliphatic heterocycles. The summed E-state index contributed by atoms with van der Waals surface area (Å²) in [7, 11) is 0. The lowest BCUT2D eigenvalue weighted by Gasteiger charge is -2.33. The molecule has 1 aromatic carbocycles. The largest absolute Gasteiger partial charge is 0.350 e.